The zero-order valence-electron chi connectivity index (χ0n) is 15.7. The topological polar surface area (TPSA) is 21.3 Å². The molecule has 0 aliphatic rings. The minimum absolute atomic E-state index is 0.827. The highest BCUT2D eigenvalue weighted by Gasteiger charge is 2.02. The van der Waals surface area contributed by atoms with Crippen LogP contribution in [0.3, 0.4) is 0 Å². The fourth-order valence-corrected chi connectivity index (χ4v) is 2.96. The molecule has 0 heterocycles. The van der Waals surface area contributed by atoms with Crippen LogP contribution in [0.25, 0.3) is 0 Å². The van der Waals surface area contributed by atoms with Gasteiger partial charge in [0.25, 0.3) is 0 Å². The van der Waals surface area contributed by atoms with Crippen molar-refractivity contribution >= 4 is 0 Å². The van der Waals surface area contributed by atoms with Crippen LogP contribution in [0, 0.1) is 0 Å². The van der Waals surface area contributed by atoms with E-state index < -0.39 is 0 Å². The quantitative estimate of drug-likeness (QED) is 0.469. The van der Waals surface area contributed by atoms with Crippen molar-refractivity contribution in [3.63, 3.8) is 0 Å². The highest BCUT2D eigenvalue weighted by molar-refractivity contribution is 5.33. The van der Waals surface area contributed by atoms with Gasteiger partial charge in [-0.15, -0.1) is 0 Å². The van der Waals surface area contributed by atoms with Crippen molar-refractivity contribution in [2.24, 2.45) is 0 Å². The molecule has 0 amide bonds. The van der Waals surface area contributed by atoms with Crippen molar-refractivity contribution in [1.29, 1.82) is 0 Å². The van der Waals surface area contributed by atoms with Gasteiger partial charge in [0, 0.05) is 12.1 Å². The summed E-state index contributed by atoms with van der Waals surface area (Å²) in [5.74, 6) is 1.03. The molecule has 2 rings (SSSR count). The van der Waals surface area contributed by atoms with Crippen LogP contribution in [-0.4, -0.2) is 13.2 Å². The maximum atomic E-state index is 6.02. The smallest absolute Gasteiger partial charge is 0.123 e. The molecule has 2 heteroatoms. The van der Waals surface area contributed by atoms with Crippen molar-refractivity contribution < 1.29 is 4.74 Å². The Balaban J connectivity index is 1.65. The molecule has 0 aliphatic heterocycles. The van der Waals surface area contributed by atoms with Gasteiger partial charge in [-0.3, -0.25) is 0 Å². The van der Waals surface area contributed by atoms with E-state index in [0.717, 1.165) is 38.3 Å². The lowest BCUT2D eigenvalue weighted by molar-refractivity contribution is 0.300. The molecule has 136 valence electrons. The minimum Gasteiger partial charge on any atom is -0.493 e. The van der Waals surface area contributed by atoms with Crippen LogP contribution in [0.2, 0.25) is 0 Å². The number of nitrogens with one attached hydrogen (secondary N) is 1. The van der Waals surface area contributed by atoms with Crippen molar-refractivity contribution in [3.8, 4) is 5.75 Å². The van der Waals surface area contributed by atoms with E-state index in [1.54, 1.807) is 0 Å². The number of unbranched alkanes of at least 4 members (excludes halogenated alkanes) is 5. The Hall–Kier alpha value is -1.80. The lowest BCUT2D eigenvalue weighted by Crippen LogP contribution is -2.17. The molecule has 0 bridgehead atoms. The van der Waals surface area contributed by atoms with E-state index in [1.807, 2.05) is 0 Å². The Labute approximate surface area is 153 Å². The number of hydrogen-bond donors (Lipinski definition) is 1. The van der Waals surface area contributed by atoms with Crippen LogP contribution in [-0.2, 0) is 13.0 Å². The van der Waals surface area contributed by atoms with Gasteiger partial charge in [0.05, 0.1) is 6.61 Å². The van der Waals surface area contributed by atoms with Gasteiger partial charge in [-0.1, -0.05) is 87.6 Å². The molecule has 0 aliphatic carbocycles. The molecule has 0 atom stereocenters. The SMILES string of the molecule is CCCCCCCCOc1ccccc1CNCCc1ccccc1. The molecule has 0 saturated heterocycles. The summed E-state index contributed by atoms with van der Waals surface area (Å²) >= 11 is 0. The van der Waals surface area contributed by atoms with E-state index in [-0.39, 0.29) is 0 Å². The predicted octanol–water partition coefficient (Wildman–Crippen LogP) is 5.76. The molecule has 0 spiro atoms. The number of ether oxygens (including phenoxy) is 1. The second-order valence-electron chi connectivity index (χ2n) is 6.64. The molecule has 2 aromatic rings. The number of para-hydroxylation sites is 1. The molecule has 1 N–H and O–H groups in total. The first-order chi connectivity index (χ1) is 12.4. The van der Waals surface area contributed by atoms with Gasteiger partial charge >= 0.3 is 0 Å². The van der Waals surface area contributed by atoms with Gasteiger partial charge in [-0.05, 0) is 31.0 Å². The third-order valence-corrected chi connectivity index (χ3v) is 4.48. The first-order valence-corrected chi connectivity index (χ1v) is 9.85. The molecule has 0 fully saturated rings. The van der Waals surface area contributed by atoms with Gasteiger partial charge in [-0.2, -0.15) is 0 Å². The molecule has 25 heavy (non-hydrogen) atoms. The number of rotatable bonds is 13. The van der Waals surface area contributed by atoms with Crippen molar-refractivity contribution in [2.45, 2.75) is 58.4 Å². The monoisotopic (exact) mass is 339 g/mol. The average molecular weight is 340 g/mol. The van der Waals surface area contributed by atoms with Gasteiger partial charge in [0.15, 0.2) is 0 Å². The van der Waals surface area contributed by atoms with Gasteiger partial charge in [0.1, 0.15) is 5.75 Å². The van der Waals surface area contributed by atoms with Crippen molar-refractivity contribution in [2.75, 3.05) is 13.2 Å². The summed E-state index contributed by atoms with van der Waals surface area (Å²) in [5, 5.41) is 3.54. The second kappa shape index (κ2) is 12.5. The highest BCUT2D eigenvalue weighted by Crippen LogP contribution is 2.18. The second-order valence-corrected chi connectivity index (χ2v) is 6.64. The van der Waals surface area contributed by atoms with E-state index in [9.17, 15) is 0 Å². The Kier molecular flexibility index (Phi) is 9.80. The minimum atomic E-state index is 0.827. The first-order valence-electron chi connectivity index (χ1n) is 9.85. The lowest BCUT2D eigenvalue weighted by Gasteiger charge is -2.12. The Bertz CT molecular complexity index is 567. The maximum Gasteiger partial charge on any atom is 0.123 e. The Morgan fingerprint density at radius 1 is 0.800 bits per heavy atom. The van der Waals surface area contributed by atoms with Gasteiger partial charge < -0.3 is 10.1 Å². The molecule has 2 aromatic carbocycles. The summed E-state index contributed by atoms with van der Waals surface area (Å²) in [6.45, 7) is 4.93. The van der Waals surface area contributed by atoms with E-state index in [4.69, 9.17) is 4.74 Å². The molecule has 0 unspecified atom stereocenters. The van der Waals surface area contributed by atoms with E-state index in [1.165, 1.54) is 43.2 Å². The maximum absolute atomic E-state index is 6.02. The van der Waals surface area contributed by atoms with Crippen LogP contribution in [0.1, 0.15) is 56.6 Å². The van der Waals surface area contributed by atoms with Crippen LogP contribution in [0.5, 0.6) is 5.75 Å². The molecular formula is C23H33NO. The predicted molar refractivity (Wildman–Crippen MR) is 107 cm³/mol. The standard InChI is InChI=1S/C23H33NO/c1-2-3-4-5-6-12-19-25-23-16-11-10-15-22(23)20-24-18-17-21-13-8-7-9-14-21/h7-11,13-16,24H,2-6,12,17-20H2,1H3. The summed E-state index contributed by atoms with van der Waals surface area (Å²) in [7, 11) is 0. The Morgan fingerprint density at radius 2 is 1.52 bits per heavy atom. The summed E-state index contributed by atoms with van der Waals surface area (Å²) in [4.78, 5) is 0. The molecule has 2 nitrogen and oxygen atoms in total. The van der Waals surface area contributed by atoms with Crippen LogP contribution >= 0.6 is 0 Å². The van der Waals surface area contributed by atoms with Gasteiger partial charge in [0.2, 0.25) is 0 Å². The van der Waals surface area contributed by atoms with E-state index >= 15 is 0 Å². The zero-order chi connectivity index (χ0) is 17.6. The summed E-state index contributed by atoms with van der Waals surface area (Å²) in [6, 6.07) is 19.0. The normalized spacial score (nSPS) is 10.8. The molecule has 0 aromatic heterocycles. The zero-order valence-corrected chi connectivity index (χ0v) is 15.7. The lowest BCUT2D eigenvalue weighted by atomic mass is 10.1. The van der Waals surface area contributed by atoms with E-state index in [0.29, 0.717) is 0 Å². The average Bonchev–Trinajstić information content (AvgIpc) is 2.66. The fraction of sp³-hybridized carbons (Fsp3) is 0.478. The summed E-state index contributed by atoms with van der Waals surface area (Å²) in [5.41, 5.74) is 2.63. The van der Waals surface area contributed by atoms with Crippen molar-refractivity contribution in [1.82, 2.24) is 5.32 Å². The van der Waals surface area contributed by atoms with Gasteiger partial charge in [-0.25, -0.2) is 0 Å². The van der Waals surface area contributed by atoms with Crippen molar-refractivity contribution in [3.05, 3.63) is 65.7 Å². The summed E-state index contributed by atoms with van der Waals surface area (Å²) < 4.78 is 6.02. The van der Waals surface area contributed by atoms with Crippen LogP contribution in [0.15, 0.2) is 54.6 Å². The van der Waals surface area contributed by atoms with Crippen LogP contribution in [0.4, 0.5) is 0 Å². The molecule has 0 saturated carbocycles. The number of hydrogen-bond acceptors (Lipinski definition) is 2. The molecule has 0 radical (unpaired) electrons. The Morgan fingerprint density at radius 3 is 2.36 bits per heavy atom. The largest absolute Gasteiger partial charge is 0.493 e. The highest BCUT2D eigenvalue weighted by atomic mass is 16.5. The summed E-state index contributed by atoms with van der Waals surface area (Å²) in [6.07, 6.45) is 8.84. The van der Waals surface area contributed by atoms with E-state index in [2.05, 4.69) is 66.8 Å². The third kappa shape index (κ3) is 8.22. The fourth-order valence-electron chi connectivity index (χ4n) is 2.96. The number of benzene rings is 2. The van der Waals surface area contributed by atoms with Crippen LogP contribution < -0.4 is 10.1 Å². The molecular weight excluding hydrogens is 306 g/mol. The first kappa shape index (κ1) is 19.5. The third-order valence-electron chi connectivity index (χ3n) is 4.48.